The van der Waals surface area contributed by atoms with Crippen LogP contribution in [0.5, 0.6) is 0 Å². The fourth-order valence-electron chi connectivity index (χ4n) is 3.60. The number of piperidine rings is 1. The quantitative estimate of drug-likeness (QED) is 0.761. The van der Waals surface area contributed by atoms with Gasteiger partial charge in [0.25, 0.3) is 0 Å². The van der Waals surface area contributed by atoms with Gasteiger partial charge in [0, 0.05) is 31.0 Å². The SMILES string of the molecule is CCC1CCCCN1C(=O)CCc1nc(-c2ccc(C(C)C)cc2)no1. The van der Waals surface area contributed by atoms with Crippen molar-refractivity contribution >= 4 is 5.91 Å². The first-order valence-corrected chi connectivity index (χ1v) is 9.81. The van der Waals surface area contributed by atoms with Gasteiger partial charge in [-0.1, -0.05) is 50.2 Å². The number of hydrogen-bond acceptors (Lipinski definition) is 4. The monoisotopic (exact) mass is 355 g/mol. The minimum absolute atomic E-state index is 0.206. The molecule has 2 aromatic rings. The normalized spacial score (nSPS) is 17.7. The predicted molar refractivity (Wildman–Crippen MR) is 102 cm³/mol. The molecule has 1 aromatic heterocycles. The molecular formula is C21H29N3O2. The van der Waals surface area contributed by atoms with E-state index in [1.807, 2.05) is 17.0 Å². The van der Waals surface area contributed by atoms with Crippen LogP contribution in [0.2, 0.25) is 0 Å². The standard InChI is InChI=1S/C21H29N3O2/c1-4-18-7-5-6-14-24(18)20(25)13-12-19-22-21(23-26-19)17-10-8-16(9-11-17)15(2)3/h8-11,15,18H,4-7,12-14H2,1-3H3. The second-order valence-electron chi connectivity index (χ2n) is 7.43. The van der Waals surface area contributed by atoms with E-state index in [-0.39, 0.29) is 5.91 Å². The zero-order valence-corrected chi connectivity index (χ0v) is 16.1. The van der Waals surface area contributed by atoms with Gasteiger partial charge in [-0.25, -0.2) is 0 Å². The second-order valence-corrected chi connectivity index (χ2v) is 7.43. The number of amides is 1. The molecule has 1 fully saturated rings. The third-order valence-corrected chi connectivity index (χ3v) is 5.28. The van der Waals surface area contributed by atoms with E-state index in [1.165, 1.54) is 12.0 Å². The molecule has 1 saturated heterocycles. The summed E-state index contributed by atoms with van der Waals surface area (Å²) >= 11 is 0. The Morgan fingerprint density at radius 2 is 2.04 bits per heavy atom. The Balaban J connectivity index is 1.59. The molecule has 0 aliphatic carbocycles. The van der Waals surface area contributed by atoms with Crippen LogP contribution >= 0.6 is 0 Å². The predicted octanol–water partition coefficient (Wildman–Crippen LogP) is 4.58. The van der Waals surface area contributed by atoms with E-state index >= 15 is 0 Å². The van der Waals surface area contributed by atoms with Crippen molar-refractivity contribution in [1.82, 2.24) is 15.0 Å². The van der Waals surface area contributed by atoms with E-state index in [0.29, 0.717) is 36.5 Å². The molecule has 5 heteroatoms. The van der Waals surface area contributed by atoms with Crippen LogP contribution in [0.15, 0.2) is 28.8 Å². The lowest BCUT2D eigenvalue weighted by molar-refractivity contribution is -0.135. The first-order valence-electron chi connectivity index (χ1n) is 9.81. The smallest absolute Gasteiger partial charge is 0.227 e. The van der Waals surface area contributed by atoms with Gasteiger partial charge in [-0.15, -0.1) is 0 Å². The lowest BCUT2D eigenvalue weighted by Crippen LogP contribution is -2.43. The number of rotatable bonds is 6. The van der Waals surface area contributed by atoms with Gasteiger partial charge in [-0.2, -0.15) is 4.98 Å². The van der Waals surface area contributed by atoms with Crippen molar-refractivity contribution < 1.29 is 9.32 Å². The van der Waals surface area contributed by atoms with Crippen LogP contribution < -0.4 is 0 Å². The molecule has 5 nitrogen and oxygen atoms in total. The molecule has 2 heterocycles. The van der Waals surface area contributed by atoms with Crippen molar-refractivity contribution in [2.45, 2.75) is 71.3 Å². The van der Waals surface area contributed by atoms with Crippen LogP contribution in [0.4, 0.5) is 0 Å². The minimum Gasteiger partial charge on any atom is -0.340 e. The Labute approximate surface area is 155 Å². The molecule has 0 N–H and O–H groups in total. The lowest BCUT2D eigenvalue weighted by Gasteiger charge is -2.35. The highest BCUT2D eigenvalue weighted by atomic mass is 16.5. The average molecular weight is 355 g/mol. The highest BCUT2D eigenvalue weighted by Crippen LogP contribution is 2.22. The Bertz CT molecular complexity index is 721. The summed E-state index contributed by atoms with van der Waals surface area (Å²) in [7, 11) is 0. The molecule has 1 aliphatic rings. The van der Waals surface area contributed by atoms with E-state index in [0.717, 1.165) is 31.4 Å². The van der Waals surface area contributed by atoms with E-state index < -0.39 is 0 Å². The molecule has 0 radical (unpaired) electrons. The number of aryl methyl sites for hydroxylation is 1. The maximum atomic E-state index is 12.6. The van der Waals surface area contributed by atoms with Gasteiger partial charge >= 0.3 is 0 Å². The van der Waals surface area contributed by atoms with Gasteiger partial charge in [0.2, 0.25) is 17.6 Å². The topological polar surface area (TPSA) is 59.2 Å². The fraction of sp³-hybridized carbons (Fsp3) is 0.571. The molecule has 1 amide bonds. The summed E-state index contributed by atoms with van der Waals surface area (Å²) in [5.41, 5.74) is 2.23. The Hall–Kier alpha value is -2.17. The maximum absolute atomic E-state index is 12.6. The van der Waals surface area contributed by atoms with Crippen LogP contribution in [0.3, 0.4) is 0 Å². The van der Waals surface area contributed by atoms with E-state index in [1.54, 1.807) is 0 Å². The zero-order valence-electron chi connectivity index (χ0n) is 16.1. The van der Waals surface area contributed by atoms with E-state index in [2.05, 4.69) is 43.0 Å². The molecule has 0 saturated carbocycles. The van der Waals surface area contributed by atoms with Gasteiger partial charge in [-0.3, -0.25) is 4.79 Å². The number of aromatic nitrogens is 2. The molecule has 3 rings (SSSR count). The summed E-state index contributed by atoms with van der Waals surface area (Å²) in [5, 5.41) is 4.07. The second kappa shape index (κ2) is 8.47. The molecule has 0 bridgehead atoms. The van der Waals surface area contributed by atoms with Crippen LogP contribution in [0.1, 0.15) is 70.2 Å². The molecule has 1 unspecified atom stereocenters. The number of carbonyl (C=O) groups is 1. The number of benzene rings is 1. The van der Waals surface area contributed by atoms with Crippen LogP contribution in [0.25, 0.3) is 11.4 Å². The Morgan fingerprint density at radius 3 is 2.73 bits per heavy atom. The first kappa shape index (κ1) is 18.6. The van der Waals surface area contributed by atoms with Gasteiger partial charge in [-0.05, 0) is 37.2 Å². The molecule has 26 heavy (non-hydrogen) atoms. The Kier molecular flexibility index (Phi) is 6.07. The summed E-state index contributed by atoms with van der Waals surface area (Å²) in [4.78, 5) is 19.1. The fourth-order valence-corrected chi connectivity index (χ4v) is 3.60. The summed E-state index contributed by atoms with van der Waals surface area (Å²) in [5.74, 6) is 1.83. The zero-order chi connectivity index (χ0) is 18.5. The summed E-state index contributed by atoms with van der Waals surface area (Å²) in [6, 6.07) is 8.64. The molecule has 140 valence electrons. The minimum atomic E-state index is 0.206. The largest absolute Gasteiger partial charge is 0.340 e. The number of likely N-dealkylation sites (tertiary alicyclic amines) is 1. The van der Waals surface area contributed by atoms with E-state index in [9.17, 15) is 4.79 Å². The highest BCUT2D eigenvalue weighted by Gasteiger charge is 2.25. The lowest BCUT2D eigenvalue weighted by atomic mass is 9.99. The summed E-state index contributed by atoms with van der Waals surface area (Å²) in [6.45, 7) is 7.38. The summed E-state index contributed by atoms with van der Waals surface area (Å²) in [6.07, 6.45) is 5.43. The van der Waals surface area contributed by atoms with Crippen molar-refractivity contribution in [3.8, 4) is 11.4 Å². The molecule has 0 spiro atoms. The van der Waals surface area contributed by atoms with Crippen molar-refractivity contribution in [3.05, 3.63) is 35.7 Å². The number of hydrogen-bond donors (Lipinski definition) is 0. The molecule has 1 aliphatic heterocycles. The van der Waals surface area contributed by atoms with Gasteiger partial charge in [0.15, 0.2) is 0 Å². The highest BCUT2D eigenvalue weighted by molar-refractivity contribution is 5.76. The van der Waals surface area contributed by atoms with Crippen molar-refractivity contribution in [1.29, 1.82) is 0 Å². The van der Waals surface area contributed by atoms with Gasteiger partial charge in [0.05, 0.1) is 0 Å². The Morgan fingerprint density at radius 1 is 1.27 bits per heavy atom. The third kappa shape index (κ3) is 4.32. The first-order chi connectivity index (χ1) is 12.6. The summed E-state index contributed by atoms with van der Waals surface area (Å²) < 4.78 is 5.36. The maximum Gasteiger partial charge on any atom is 0.227 e. The average Bonchev–Trinajstić information content (AvgIpc) is 3.15. The molecule has 1 aromatic carbocycles. The van der Waals surface area contributed by atoms with Crippen molar-refractivity contribution in [2.75, 3.05) is 6.54 Å². The van der Waals surface area contributed by atoms with Crippen molar-refractivity contribution in [3.63, 3.8) is 0 Å². The molecular weight excluding hydrogens is 326 g/mol. The van der Waals surface area contributed by atoms with Gasteiger partial charge < -0.3 is 9.42 Å². The third-order valence-electron chi connectivity index (χ3n) is 5.28. The van der Waals surface area contributed by atoms with Crippen LogP contribution in [0, 0.1) is 0 Å². The van der Waals surface area contributed by atoms with Crippen LogP contribution in [-0.4, -0.2) is 33.5 Å². The van der Waals surface area contributed by atoms with Crippen LogP contribution in [-0.2, 0) is 11.2 Å². The number of carbonyl (C=O) groups excluding carboxylic acids is 1. The number of nitrogens with zero attached hydrogens (tertiary/aromatic N) is 3. The van der Waals surface area contributed by atoms with E-state index in [4.69, 9.17) is 4.52 Å². The van der Waals surface area contributed by atoms with Gasteiger partial charge in [0.1, 0.15) is 0 Å². The molecule has 1 atom stereocenters. The van der Waals surface area contributed by atoms with Crippen molar-refractivity contribution in [2.24, 2.45) is 0 Å².